The third kappa shape index (κ3) is 4.45. The number of hydrogen-bond donors (Lipinski definition) is 0. The second-order valence-corrected chi connectivity index (χ2v) is 5.41. The normalized spacial score (nSPS) is 11.0. The number of hydrogen-bond acceptors (Lipinski definition) is 3. The molecule has 1 aromatic heterocycles. The third-order valence-corrected chi connectivity index (χ3v) is 3.72. The second-order valence-electron chi connectivity index (χ2n) is 4.44. The molecule has 0 saturated carbocycles. The fraction of sp³-hybridized carbons (Fsp3) is 0.250. The smallest absolute Gasteiger partial charge is 0.159 e. The van der Waals surface area contributed by atoms with Crippen LogP contribution in [0.15, 0.2) is 42.0 Å². The summed E-state index contributed by atoms with van der Waals surface area (Å²) in [4.78, 5) is 16.7. The molecule has 2 aromatic rings. The van der Waals surface area contributed by atoms with Gasteiger partial charge in [0.2, 0.25) is 0 Å². The van der Waals surface area contributed by atoms with Gasteiger partial charge in [-0.2, -0.15) is 0 Å². The molecule has 0 radical (unpaired) electrons. The fourth-order valence-electron chi connectivity index (χ4n) is 1.84. The fourth-order valence-corrected chi connectivity index (χ4v) is 2.48. The number of aromatic nitrogens is 1. The molecule has 0 spiro atoms. The molecule has 0 saturated heterocycles. The van der Waals surface area contributed by atoms with Crippen LogP contribution in [0.5, 0.6) is 0 Å². The molecule has 2 rings (SSSR count). The molecule has 3 heteroatoms. The van der Waals surface area contributed by atoms with Gasteiger partial charge in [-0.05, 0) is 37.8 Å². The number of carbonyl (C=O) groups is 1. The Labute approximate surface area is 117 Å². The first-order chi connectivity index (χ1) is 9.25. The van der Waals surface area contributed by atoms with Gasteiger partial charge in [0.1, 0.15) is 0 Å². The molecule has 0 aliphatic carbocycles. The van der Waals surface area contributed by atoms with Gasteiger partial charge in [0, 0.05) is 16.6 Å². The summed E-state index contributed by atoms with van der Waals surface area (Å²) >= 11 is 1.71. The van der Waals surface area contributed by atoms with E-state index in [-0.39, 0.29) is 5.78 Å². The second kappa shape index (κ2) is 7.00. The minimum absolute atomic E-state index is 0.112. The molecule has 2 nitrogen and oxygen atoms in total. The average Bonchev–Trinajstić information content (AvgIpc) is 2.92. The number of carbonyl (C=O) groups excluding carboxylic acids is 1. The maximum atomic E-state index is 11.3. The van der Waals surface area contributed by atoms with Gasteiger partial charge < -0.3 is 0 Å². The lowest BCUT2D eigenvalue weighted by atomic mass is 10.1. The molecule has 19 heavy (non-hydrogen) atoms. The van der Waals surface area contributed by atoms with Crippen LogP contribution in [0, 0.1) is 0 Å². The molecule has 0 atom stereocenters. The number of unbranched alkanes of at least 4 members (excludes halogenated alkanes) is 1. The van der Waals surface area contributed by atoms with Gasteiger partial charge in [0.25, 0.3) is 0 Å². The Morgan fingerprint density at radius 1 is 1.42 bits per heavy atom. The predicted octanol–water partition coefficient (Wildman–Crippen LogP) is 4.38. The van der Waals surface area contributed by atoms with Crippen LogP contribution >= 0.6 is 11.3 Å². The van der Waals surface area contributed by atoms with Crippen molar-refractivity contribution in [1.82, 2.24) is 4.98 Å². The molecule has 0 fully saturated rings. The van der Waals surface area contributed by atoms with Crippen molar-refractivity contribution in [1.29, 1.82) is 0 Å². The van der Waals surface area contributed by atoms with Crippen LogP contribution in [0.4, 0.5) is 0 Å². The van der Waals surface area contributed by atoms with E-state index >= 15 is 0 Å². The van der Waals surface area contributed by atoms with E-state index in [0.29, 0.717) is 0 Å². The lowest BCUT2D eigenvalue weighted by Gasteiger charge is -1.98. The van der Waals surface area contributed by atoms with Crippen molar-refractivity contribution in [3.05, 3.63) is 58.1 Å². The molecule has 0 N–H and O–H groups in total. The van der Waals surface area contributed by atoms with Crippen LogP contribution in [0.3, 0.4) is 0 Å². The number of aryl methyl sites for hydroxylation is 1. The van der Waals surface area contributed by atoms with Crippen LogP contribution in [-0.4, -0.2) is 10.8 Å². The lowest BCUT2D eigenvalue weighted by molar-refractivity contribution is 0.101. The van der Waals surface area contributed by atoms with Crippen LogP contribution in [-0.2, 0) is 6.42 Å². The largest absolute Gasteiger partial charge is 0.295 e. The lowest BCUT2D eigenvalue weighted by Crippen LogP contribution is -1.91. The van der Waals surface area contributed by atoms with E-state index in [0.717, 1.165) is 30.4 Å². The zero-order valence-electron chi connectivity index (χ0n) is 11.0. The summed E-state index contributed by atoms with van der Waals surface area (Å²) in [6.45, 7) is 1.60. The highest BCUT2D eigenvalue weighted by molar-refractivity contribution is 7.09. The van der Waals surface area contributed by atoms with Gasteiger partial charge in [0.15, 0.2) is 5.78 Å². The van der Waals surface area contributed by atoms with Gasteiger partial charge in [-0.1, -0.05) is 30.4 Å². The standard InChI is InChI=1S/C16H17NOS/c1-13(18)15-8-5-7-14(10-15)6-3-2-4-9-16-11-17-12-19-16/h3,5-8,10-12H,2,4,9H2,1H3/b6-3-. The van der Waals surface area contributed by atoms with Crippen LogP contribution in [0.1, 0.15) is 40.6 Å². The van der Waals surface area contributed by atoms with E-state index in [2.05, 4.69) is 17.1 Å². The number of rotatable bonds is 6. The average molecular weight is 271 g/mol. The van der Waals surface area contributed by atoms with Crippen molar-refractivity contribution in [2.24, 2.45) is 0 Å². The number of ketones is 1. The van der Waals surface area contributed by atoms with Crippen molar-refractivity contribution in [2.45, 2.75) is 26.2 Å². The highest BCUT2D eigenvalue weighted by Gasteiger charge is 1.98. The molecule has 0 aliphatic heterocycles. The van der Waals surface area contributed by atoms with E-state index in [1.54, 1.807) is 18.3 Å². The highest BCUT2D eigenvalue weighted by Crippen LogP contribution is 2.12. The van der Waals surface area contributed by atoms with Crippen molar-refractivity contribution in [3.63, 3.8) is 0 Å². The summed E-state index contributed by atoms with van der Waals surface area (Å²) < 4.78 is 0. The Morgan fingerprint density at radius 2 is 2.32 bits per heavy atom. The Kier molecular flexibility index (Phi) is 5.04. The van der Waals surface area contributed by atoms with Crippen LogP contribution < -0.4 is 0 Å². The first-order valence-corrected chi connectivity index (χ1v) is 7.28. The quantitative estimate of drug-likeness (QED) is 0.576. The van der Waals surface area contributed by atoms with Crippen molar-refractivity contribution >= 4 is 23.2 Å². The third-order valence-electron chi connectivity index (χ3n) is 2.88. The van der Waals surface area contributed by atoms with Gasteiger partial charge in [-0.3, -0.25) is 9.78 Å². The van der Waals surface area contributed by atoms with Gasteiger partial charge >= 0.3 is 0 Å². The molecule has 0 aliphatic rings. The van der Waals surface area contributed by atoms with Crippen LogP contribution in [0.2, 0.25) is 0 Å². The van der Waals surface area contributed by atoms with Crippen molar-refractivity contribution in [3.8, 4) is 0 Å². The maximum absolute atomic E-state index is 11.3. The van der Waals surface area contributed by atoms with Gasteiger partial charge in [0.05, 0.1) is 5.51 Å². The summed E-state index contributed by atoms with van der Waals surface area (Å²) in [5.41, 5.74) is 3.73. The van der Waals surface area contributed by atoms with E-state index in [1.807, 2.05) is 36.0 Å². The summed E-state index contributed by atoms with van der Waals surface area (Å²) in [5.74, 6) is 0.112. The van der Waals surface area contributed by atoms with Crippen LogP contribution in [0.25, 0.3) is 6.08 Å². The minimum Gasteiger partial charge on any atom is -0.295 e. The molecule has 1 heterocycles. The first-order valence-electron chi connectivity index (χ1n) is 6.40. The molecule has 0 bridgehead atoms. The Hall–Kier alpha value is -1.74. The highest BCUT2D eigenvalue weighted by atomic mass is 32.1. The van der Waals surface area contributed by atoms with E-state index in [4.69, 9.17) is 0 Å². The summed E-state index contributed by atoms with van der Waals surface area (Å²) in [7, 11) is 0. The first kappa shape index (κ1) is 13.7. The summed E-state index contributed by atoms with van der Waals surface area (Å²) in [5, 5.41) is 0. The van der Waals surface area contributed by atoms with E-state index in [9.17, 15) is 4.79 Å². The number of benzene rings is 1. The molecule has 0 amide bonds. The van der Waals surface area contributed by atoms with Crippen molar-refractivity contribution in [2.75, 3.05) is 0 Å². The maximum Gasteiger partial charge on any atom is 0.159 e. The monoisotopic (exact) mass is 271 g/mol. The molecule has 98 valence electrons. The molecule has 0 unspecified atom stereocenters. The number of Topliss-reactive ketones (excluding diaryl/α,β-unsaturated/α-hetero) is 1. The molecule has 1 aromatic carbocycles. The molecular formula is C16H17NOS. The number of nitrogens with zero attached hydrogens (tertiary/aromatic N) is 1. The zero-order chi connectivity index (χ0) is 13.5. The van der Waals surface area contributed by atoms with Gasteiger partial charge in [-0.15, -0.1) is 11.3 Å². The predicted molar refractivity (Wildman–Crippen MR) is 80.5 cm³/mol. The minimum atomic E-state index is 0.112. The van der Waals surface area contributed by atoms with E-state index in [1.165, 1.54) is 4.88 Å². The van der Waals surface area contributed by atoms with E-state index < -0.39 is 0 Å². The number of allylic oxidation sites excluding steroid dienone is 1. The Balaban J connectivity index is 1.82. The Bertz CT molecular complexity index is 558. The van der Waals surface area contributed by atoms with Crippen molar-refractivity contribution < 1.29 is 4.79 Å². The number of thiazole rings is 1. The summed E-state index contributed by atoms with van der Waals surface area (Å²) in [6.07, 6.45) is 9.44. The molecular weight excluding hydrogens is 254 g/mol. The SMILES string of the molecule is CC(=O)c1cccc(/C=C\CCCc2cncs2)c1. The topological polar surface area (TPSA) is 30.0 Å². The zero-order valence-corrected chi connectivity index (χ0v) is 11.8. The summed E-state index contributed by atoms with van der Waals surface area (Å²) in [6, 6.07) is 7.73. The Morgan fingerprint density at radius 3 is 3.05 bits per heavy atom. The van der Waals surface area contributed by atoms with Gasteiger partial charge in [-0.25, -0.2) is 0 Å².